The molecule has 0 saturated carbocycles. The van der Waals surface area contributed by atoms with Crippen LogP contribution in [-0.2, 0) is 6.54 Å². The van der Waals surface area contributed by atoms with E-state index in [1.165, 1.54) is 31.2 Å². The van der Waals surface area contributed by atoms with Crippen molar-refractivity contribution in [2.45, 2.75) is 51.2 Å². The van der Waals surface area contributed by atoms with Crippen molar-refractivity contribution in [1.82, 2.24) is 4.90 Å². The van der Waals surface area contributed by atoms with Crippen LogP contribution >= 0.6 is 15.9 Å². The molecule has 2 aliphatic heterocycles. The fraction of sp³-hybridized carbons (Fsp3) is 0.571. The minimum atomic E-state index is -0.142. The third-order valence-electron chi connectivity index (χ3n) is 4.38. The summed E-state index contributed by atoms with van der Waals surface area (Å²) in [6.07, 6.45) is 5.32. The average Bonchev–Trinajstić information content (AvgIpc) is 2.89. The topological polar surface area (TPSA) is 3.24 Å². The molecule has 0 atom stereocenters. The molecule has 0 unspecified atom stereocenters. The van der Waals surface area contributed by atoms with Crippen LogP contribution in [0.1, 0.15) is 36.8 Å². The van der Waals surface area contributed by atoms with Gasteiger partial charge in [0, 0.05) is 18.6 Å². The van der Waals surface area contributed by atoms with E-state index in [2.05, 4.69) is 27.8 Å². The second kappa shape index (κ2) is 4.36. The fourth-order valence-electron chi connectivity index (χ4n) is 3.34. The third-order valence-corrected chi connectivity index (χ3v) is 5.23. The molecule has 3 rings (SSSR count). The Morgan fingerprint density at radius 2 is 1.82 bits per heavy atom. The number of nitrogens with zero attached hydrogens (tertiary/aromatic N) is 1. The Bertz CT molecular complexity index is 426. The minimum Gasteiger partial charge on any atom is -0.293 e. The second-order valence-electron chi connectivity index (χ2n) is 5.29. The highest BCUT2D eigenvalue weighted by atomic mass is 79.9. The first-order valence-corrected chi connectivity index (χ1v) is 7.15. The van der Waals surface area contributed by atoms with E-state index in [4.69, 9.17) is 0 Å². The molecule has 2 saturated heterocycles. The van der Waals surface area contributed by atoms with Crippen molar-refractivity contribution >= 4 is 15.9 Å². The molecule has 0 aliphatic carbocycles. The number of aryl methyl sites for hydroxylation is 1. The van der Waals surface area contributed by atoms with Crippen LogP contribution < -0.4 is 0 Å². The molecule has 0 radical (unpaired) electrons. The van der Waals surface area contributed by atoms with E-state index < -0.39 is 0 Å². The molecule has 1 nitrogen and oxygen atoms in total. The lowest BCUT2D eigenvalue weighted by Crippen LogP contribution is -2.28. The summed E-state index contributed by atoms with van der Waals surface area (Å²) in [6, 6.07) is 4.92. The second-order valence-corrected chi connectivity index (χ2v) is 6.08. The van der Waals surface area contributed by atoms with Gasteiger partial charge in [-0.15, -0.1) is 0 Å². The Kier molecular flexibility index (Phi) is 2.99. The highest BCUT2D eigenvalue weighted by Gasteiger charge is 2.39. The molecule has 1 aromatic rings. The SMILES string of the molecule is Cc1ccc(F)c(Br)c1CN1C2CCC1CC2. The molecule has 1 aromatic carbocycles. The summed E-state index contributed by atoms with van der Waals surface area (Å²) in [5, 5.41) is 0. The Labute approximate surface area is 110 Å². The van der Waals surface area contributed by atoms with E-state index >= 15 is 0 Å². The Morgan fingerprint density at radius 1 is 1.24 bits per heavy atom. The highest BCUT2D eigenvalue weighted by molar-refractivity contribution is 9.10. The lowest BCUT2D eigenvalue weighted by Gasteiger charge is -2.23. The highest BCUT2D eigenvalue weighted by Crippen LogP contribution is 2.39. The van der Waals surface area contributed by atoms with Crippen molar-refractivity contribution in [2.24, 2.45) is 0 Å². The molecule has 0 aromatic heterocycles. The van der Waals surface area contributed by atoms with Crippen molar-refractivity contribution in [3.05, 3.63) is 33.5 Å². The monoisotopic (exact) mass is 297 g/mol. The maximum Gasteiger partial charge on any atom is 0.137 e. The van der Waals surface area contributed by atoms with Crippen LogP contribution in [0.4, 0.5) is 4.39 Å². The van der Waals surface area contributed by atoms with Crippen molar-refractivity contribution < 1.29 is 4.39 Å². The maximum atomic E-state index is 13.6. The molecular formula is C14H17BrFN. The quantitative estimate of drug-likeness (QED) is 0.797. The van der Waals surface area contributed by atoms with Gasteiger partial charge in [0.05, 0.1) is 4.47 Å². The molecule has 3 heteroatoms. The van der Waals surface area contributed by atoms with Gasteiger partial charge in [-0.2, -0.15) is 0 Å². The summed E-state index contributed by atoms with van der Waals surface area (Å²) in [7, 11) is 0. The Morgan fingerprint density at radius 3 is 2.41 bits per heavy atom. The molecule has 2 aliphatic rings. The van der Waals surface area contributed by atoms with Gasteiger partial charge in [-0.25, -0.2) is 4.39 Å². The first-order valence-electron chi connectivity index (χ1n) is 6.36. The normalized spacial score (nSPS) is 27.9. The van der Waals surface area contributed by atoms with E-state index in [1.54, 1.807) is 6.07 Å². The van der Waals surface area contributed by atoms with Crippen molar-refractivity contribution in [1.29, 1.82) is 0 Å². The zero-order valence-corrected chi connectivity index (χ0v) is 11.6. The van der Waals surface area contributed by atoms with Crippen LogP contribution in [0.5, 0.6) is 0 Å². The lowest BCUT2D eigenvalue weighted by molar-refractivity contribution is 0.242. The number of hydrogen-bond acceptors (Lipinski definition) is 1. The van der Waals surface area contributed by atoms with Crippen molar-refractivity contribution in [3.8, 4) is 0 Å². The van der Waals surface area contributed by atoms with E-state index in [0.717, 1.165) is 24.2 Å². The summed E-state index contributed by atoms with van der Waals surface area (Å²) >= 11 is 3.40. The number of hydrogen-bond donors (Lipinski definition) is 0. The van der Waals surface area contributed by atoms with Gasteiger partial charge in [-0.05, 0) is 65.7 Å². The number of benzene rings is 1. The number of fused-ring (bicyclic) bond motifs is 2. The molecule has 17 heavy (non-hydrogen) atoms. The number of halogens is 2. The zero-order valence-electron chi connectivity index (χ0n) is 10.0. The van der Waals surface area contributed by atoms with E-state index in [1.807, 2.05) is 6.07 Å². The van der Waals surface area contributed by atoms with E-state index in [0.29, 0.717) is 4.47 Å². The predicted molar refractivity (Wildman–Crippen MR) is 70.4 cm³/mol. The van der Waals surface area contributed by atoms with Gasteiger partial charge in [-0.1, -0.05) is 6.07 Å². The van der Waals surface area contributed by atoms with Crippen LogP contribution in [0.25, 0.3) is 0 Å². The summed E-state index contributed by atoms with van der Waals surface area (Å²) in [5.41, 5.74) is 2.31. The summed E-state index contributed by atoms with van der Waals surface area (Å²) in [4.78, 5) is 2.58. The summed E-state index contributed by atoms with van der Waals surface area (Å²) in [5.74, 6) is -0.142. The predicted octanol–water partition coefficient (Wildman–Crippen LogP) is 4.02. The molecule has 0 N–H and O–H groups in total. The van der Waals surface area contributed by atoms with Crippen molar-refractivity contribution in [2.75, 3.05) is 0 Å². The van der Waals surface area contributed by atoms with Gasteiger partial charge in [0.1, 0.15) is 5.82 Å². The molecule has 92 valence electrons. The average molecular weight is 298 g/mol. The molecule has 2 bridgehead atoms. The van der Waals surface area contributed by atoms with Crippen LogP contribution in [0.2, 0.25) is 0 Å². The van der Waals surface area contributed by atoms with E-state index in [9.17, 15) is 4.39 Å². The van der Waals surface area contributed by atoms with Crippen LogP contribution in [-0.4, -0.2) is 17.0 Å². The van der Waals surface area contributed by atoms with Crippen LogP contribution in [0.3, 0.4) is 0 Å². The molecule has 2 fully saturated rings. The lowest BCUT2D eigenvalue weighted by atomic mass is 10.0. The van der Waals surface area contributed by atoms with Gasteiger partial charge in [0.25, 0.3) is 0 Å². The first-order chi connectivity index (χ1) is 8.16. The third kappa shape index (κ3) is 1.93. The van der Waals surface area contributed by atoms with Gasteiger partial charge in [0.15, 0.2) is 0 Å². The summed E-state index contributed by atoms with van der Waals surface area (Å²) < 4.78 is 14.2. The van der Waals surface area contributed by atoms with Crippen LogP contribution in [0.15, 0.2) is 16.6 Å². The van der Waals surface area contributed by atoms with Gasteiger partial charge in [-0.3, -0.25) is 4.90 Å². The molecule has 0 amide bonds. The number of rotatable bonds is 2. The Balaban J connectivity index is 1.88. The Hall–Kier alpha value is -0.410. The largest absolute Gasteiger partial charge is 0.293 e. The van der Waals surface area contributed by atoms with Gasteiger partial charge < -0.3 is 0 Å². The fourth-order valence-corrected chi connectivity index (χ4v) is 3.91. The van der Waals surface area contributed by atoms with Gasteiger partial charge >= 0.3 is 0 Å². The first kappa shape index (κ1) is 11.7. The molecule has 0 spiro atoms. The molecule has 2 heterocycles. The van der Waals surface area contributed by atoms with Crippen molar-refractivity contribution in [3.63, 3.8) is 0 Å². The molecular weight excluding hydrogens is 281 g/mol. The zero-order chi connectivity index (χ0) is 12.0. The van der Waals surface area contributed by atoms with E-state index in [-0.39, 0.29) is 5.82 Å². The standard InChI is InChI=1S/C14H17BrFN/c1-9-2-7-13(16)14(15)12(9)8-17-10-3-4-11(17)6-5-10/h2,7,10-11H,3-6,8H2,1H3. The minimum absolute atomic E-state index is 0.142. The maximum absolute atomic E-state index is 13.6. The van der Waals surface area contributed by atoms with Crippen LogP contribution in [0, 0.1) is 12.7 Å². The summed E-state index contributed by atoms with van der Waals surface area (Å²) in [6.45, 7) is 2.97. The smallest absolute Gasteiger partial charge is 0.137 e. The van der Waals surface area contributed by atoms with Gasteiger partial charge in [0.2, 0.25) is 0 Å².